The van der Waals surface area contributed by atoms with Gasteiger partial charge in [0.25, 0.3) is 5.69 Å². The standard InChI is InChI=1S/C14H6F13N3O3/c15-9(16,8(31)29-28-5-6-1-3-7(4-2-6)30(32)33)10(17,18)11(19,20)12(21,22)13(23,24)14(25,26)27/h1-5H,(H,29,31)/b28-5+. The number of halogens is 13. The first-order chi connectivity index (χ1) is 14.6. The predicted molar refractivity (Wildman–Crippen MR) is 79.6 cm³/mol. The molecule has 1 rings (SSSR count). The molecule has 0 unspecified atom stereocenters. The summed E-state index contributed by atoms with van der Waals surface area (Å²) in [5.74, 6) is -42.5. The second kappa shape index (κ2) is 8.32. The average Bonchev–Trinajstić information content (AvgIpc) is 2.66. The molecule has 0 atom stereocenters. The molecule has 0 heterocycles. The van der Waals surface area contributed by atoms with Gasteiger partial charge in [-0.05, 0) is 17.7 Å². The van der Waals surface area contributed by atoms with Crippen LogP contribution in [0.25, 0.3) is 0 Å². The molecule has 0 aliphatic rings. The molecule has 1 aromatic carbocycles. The van der Waals surface area contributed by atoms with Crippen LogP contribution in [0.5, 0.6) is 0 Å². The van der Waals surface area contributed by atoms with Gasteiger partial charge in [0.15, 0.2) is 0 Å². The van der Waals surface area contributed by atoms with Gasteiger partial charge in [-0.25, -0.2) is 5.43 Å². The summed E-state index contributed by atoms with van der Waals surface area (Å²) < 4.78 is 168. The van der Waals surface area contributed by atoms with Crippen molar-refractivity contribution in [2.75, 3.05) is 0 Å². The smallest absolute Gasteiger partial charge is 0.266 e. The molecule has 19 heteroatoms. The van der Waals surface area contributed by atoms with E-state index >= 15 is 0 Å². The second-order valence-electron chi connectivity index (χ2n) is 5.92. The summed E-state index contributed by atoms with van der Waals surface area (Å²) >= 11 is 0. The van der Waals surface area contributed by atoms with E-state index < -0.39 is 52.3 Å². The van der Waals surface area contributed by atoms with Crippen molar-refractivity contribution in [1.29, 1.82) is 0 Å². The number of carbonyl (C=O) groups is 1. The van der Waals surface area contributed by atoms with Crippen molar-refractivity contribution in [3.63, 3.8) is 0 Å². The van der Waals surface area contributed by atoms with Crippen LogP contribution >= 0.6 is 0 Å². The molecular weight excluding hydrogens is 505 g/mol. The molecule has 0 spiro atoms. The first kappa shape index (κ1) is 27.9. The summed E-state index contributed by atoms with van der Waals surface area (Å²) in [6.07, 6.45) is -7.25. The molecule has 1 N–H and O–H groups in total. The quantitative estimate of drug-likeness (QED) is 0.236. The van der Waals surface area contributed by atoms with Gasteiger partial charge < -0.3 is 0 Å². The van der Waals surface area contributed by atoms with Crippen LogP contribution in [-0.4, -0.2) is 52.8 Å². The summed E-state index contributed by atoms with van der Waals surface area (Å²) in [6, 6.07) is 3.31. The highest BCUT2D eigenvalue weighted by Gasteiger charge is 2.91. The van der Waals surface area contributed by atoms with Crippen LogP contribution in [0.1, 0.15) is 5.56 Å². The Morgan fingerprint density at radius 1 is 0.788 bits per heavy atom. The molecule has 0 fully saturated rings. The van der Waals surface area contributed by atoms with Crippen LogP contribution in [0, 0.1) is 10.1 Å². The highest BCUT2D eigenvalue weighted by molar-refractivity contribution is 5.87. The number of nitro benzene ring substituents is 1. The zero-order valence-electron chi connectivity index (χ0n) is 14.9. The lowest BCUT2D eigenvalue weighted by Gasteiger charge is -2.38. The largest absolute Gasteiger partial charge is 0.460 e. The summed E-state index contributed by atoms with van der Waals surface area (Å²) in [5.41, 5.74) is -0.265. The molecule has 1 amide bonds. The van der Waals surface area contributed by atoms with Gasteiger partial charge in [0, 0.05) is 12.1 Å². The maximum Gasteiger partial charge on any atom is 0.460 e. The first-order valence-corrected chi connectivity index (χ1v) is 7.59. The number of nitro groups is 1. The SMILES string of the molecule is O=C(N/N=C/c1ccc([N+](=O)[O-])cc1)C(F)(F)C(F)(F)C(F)(F)C(F)(F)C(F)(F)C(F)(F)F. The third-order valence-corrected chi connectivity index (χ3v) is 3.70. The van der Waals surface area contributed by atoms with Crippen molar-refractivity contribution in [3.8, 4) is 0 Å². The lowest BCUT2D eigenvalue weighted by atomic mass is 9.93. The molecule has 33 heavy (non-hydrogen) atoms. The minimum absolute atomic E-state index is 0.252. The third kappa shape index (κ3) is 4.52. The first-order valence-electron chi connectivity index (χ1n) is 7.59. The van der Waals surface area contributed by atoms with E-state index in [1.54, 1.807) is 0 Å². The van der Waals surface area contributed by atoms with E-state index in [0.717, 1.165) is 24.3 Å². The Bertz CT molecular complexity index is 927. The number of nitrogens with zero attached hydrogens (tertiary/aromatic N) is 2. The van der Waals surface area contributed by atoms with E-state index in [9.17, 15) is 72.0 Å². The van der Waals surface area contributed by atoms with Crippen LogP contribution in [0.2, 0.25) is 0 Å². The molecule has 0 radical (unpaired) electrons. The summed E-state index contributed by atoms with van der Waals surface area (Å²) in [5, 5.41) is 13.0. The van der Waals surface area contributed by atoms with Gasteiger partial charge >= 0.3 is 41.7 Å². The van der Waals surface area contributed by atoms with Crippen molar-refractivity contribution in [3.05, 3.63) is 39.9 Å². The molecule has 1 aromatic rings. The molecular formula is C14H6F13N3O3. The summed E-state index contributed by atoms with van der Waals surface area (Å²) in [4.78, 5) is 20.7. The monoisotopic (exact) mass is 511 g/mol. The van der Waals surface area contributed by atoms with E-state index in [-0.39, 0.29) is 5.56 Å². The fourth-order valence-electron chi connectivity index (χ4n) is 1.83. The van der Waals surface area contributed by atoms with E-state index in [2.05, 4.69) is 5.10 Å². The summed E-state index contributed by atoms with van der Waals surface area (Å²) in [7, 11) is 0. The second-order valence-corrected chi connectivity index (χ2v) is 5.92. The number of benzene rings is 1. The Morgan fingerprint density at radius 2 is 1.21 bits per heavy atom. The van der Waals surface area contributed by atoms with Crippen LogP contribution in [0.15, 0.2) is 29.4 Å². The van der Waals surface area contributed by atoms with Gasteiger partial charge in [-0.1, -0.05) is 0 Å². The Labute approximate surface area is 172 Å². The zero-order valence-corrected chi connectivity index (χ0v) is 14.9. The number of nitrogens with one attached hydrogen (secondary N) is 1. The lowest BCUT2D eigenvalue weighted by Crippen LogP contribution is -2.71. The fourth-order valence-corrected chi connectivity index (χ4v) is 1.83. The number of hydrazone groups is 1. The van der Waals surface area contributed by atoms with Gasteiger partial charge in [0.2, 0.25) is 0 Å². The zero-order chi connectivity index (χ0) is 26.3. The predicted octanol–water partition coefficient (Wildman–Crippen LogP) is 4.78. The molecule has 0 bridgehead atoms. The lowest BCUT2D eigenvalue weighted by molar-refractivity contribution is -0.436. The van der Waals surface area contributed by atoms with Crippen molar-refractivity contribution in [2.24, 2.45) is 5.10 Å². The van der Waals surface area contributed by atoms with E-state index in [1.807, 2.05) is 0 Å². The molecule has 186 valence electrons. The van der Waals surface area contributed by atoms with Crippen LogP contribution in [0.3, 0.4) is 0 Å². The molecule has 0 aliphatic carbocycles. The Kier molecular flexibility index (Phi) is 7.03. The normalized spacial score (nSPS) is 14.5. The minimum Gasteiger partial charge on any atom is -0.266 e. The van der Waals surface area contributed by atoms with E-state index in [4.69, 9.17) is 0 Å². The molecule has 0 aliphatic heterocycles. The molecule has 0 aromatic heterocycles. The van der Waals surface area contributed by atoms with Crippen LogP contribution in [0.4, 0.5) is 62.8 Å². The van der Waals surface area contributed by atoms with Gasteiger partial charge in [-0.15, -0.1) is 0 Å². The number of rotatable bonds is 8. The number of non-ortho nitro benzene ring substituents is 1. The fraction of sp³-hybridized carbons (Fsp3) is 0.429. The number of amides is 1. The van der Waals surface area contributed by atoms with E-state index in [0.29, 0.717) is 11.6 Å². The maximum atomic E-state index is 13.5. The van der Waals surface area contributed by atoms with Gasteiger partial charge in [-0.2, -0.15) is 62.2 Å². The van der Waals surface area contributed by atoms with Gasteiger partial charge in [-0.3, -0.25) is 14.9 Å². The van der Waals surface area contributed by atoms with Gasteiger partial charge in [0.1, 0.15) is 0 Å². The van der Waals surface area contributed by atoms with E-state index in [1.165, 1.54) is 0 Å². The minimum atomic E-state index is -8.13. The van der Waals surface area contributed by atoms with Crippen molar-refractivity contribution < 1.29 is 66.8 Å². The Hall–Kier alpha value is -3.15. The maximum absolute atomic E-state index is 13.5. The number of alkyl halides is 13. The Morgan fingerprint density at radius 3 is 1.61 bits per heavy atom. The molecule has 0 saturated heterocycles. The molecule has 6 nitrogen and oxygen atoms in total. The van der Waals surface area contributed by atoms with Crippen molar-refractivity contribution in [1.82, 2.24) is 5.43 Å². The molecule has 0 saturated carbocycles. The number of hydrogen-bond acceptors (Lipinski definition) is 4. The summed E-state index contributed by atoms with van der Waals surface area (Å²) in [6.45, 7) is 0. The third-order valence-electron chi connectivity index (χ3n) is 3.70. The van der Waals surface area contributed by atoms with Crippen molar-refractivity contribution >= 4 is 17.8 Å². The van der Waals surface area contributed by atoms with Crippen molar-refractivity contribution in [2.45, 2.75) is 35.8 Å². The average molecular weight is 511 g/mol. The van der Waals surface area contributed by atoms with Crippen LogP contribution in [-0.2, 0) is 4.79 Å². The highest BCUT2D eigenvalue weighted by atomic mass is 19.4. The Balaban J connectivity index is 3.20. The topological polar surface area (TPSA) is 84.6 Å². The number of hydrogen-bond donors (Lipinski definition) is 1. The number of carbonyl (C=O) groups excluding carboxylic acids is 1. The van der Waals surface area contributed by atoms with Crippen LogP contribution < -0.4 is 5.43 Å². The highest BCUT2D eigenvalue weighted by Crippen LogP contribution is 2.60. The van der Waals surface area contributed by atoms with Gasteiger partial charge in [0.05, 0.1) is 11.1 Å².